The molecule has 0 bridgehead atoms. The van der Waals surface area contributed by atoms with Gasteiger partial charge in [-0.1, -0.05) is 23.7 Å². The Morgan fingerprint density at radius 2 is 2.10 bits per heavy atom. The van der Waals surface area contributed by atoms with Gasteiger partial charge in [-0.05, 0) is 35.7 Å². The number of rotatable bonds is 0. The Morgan fingerprint density at radius 3 is 2.95 bits per heavy atom. The van der Waals surface area contributed by atoms with Gasteiger partial charge in [-0.25, -0.2) is 0 Å². The maximum atomic E-state index is 12.6. The molecule has 0 saturated heterocycles. The summed E-state index contributed by atoms with van der Waals surface area (Å²) in [4.78, 5) is 18.9. The van der Waals surface area contributed by atoms with Crippen molar-refractivity contribution in [1.29, 1.82) is 0 Å². The van der Waals surface area contributed by atoms with Crippen LogP contribution in [0.15, 0.2) is 36.5 Å². The van der Waals surface area contributed by atoms with Gasteiger partial charge in [0.15, 0.2) is 0 Å². The summed E-state index contributed by atoms with van der Waals surface area (Å²) in [5.74, 6) is 0.0926. The second-order valence-electron chi connectivity index (χ2n) is 5.27. The fraction of sp³-hybridized carbons (Fsp3) is 0.250. The molecule has 0 radical (unpaired) electrons. The number of pyridine rings is 1. The summed E-state index contributed by atoms with van der Waals surface area (Å²) in [6, 6.07) is 9.74. The van der Waals surface area contributed by atoms with Crippen LogP contribution in [0.5, 0.6) is 0 Å². The predicted octanol–water partition coefficient (Wildman–Crippen LogP) is 3.45. The molecule has 3 heterocycles. The molecule has 21 heavy (non-hydrogen) atoms. The zero-order valence-corrected chi connectivity index (χ0v) is 12.8. The monoisotopic (exact) mass is 320 g/mol. The molecule has 4 rings (SSSR count). The molecule has 0 saturated carbocycles. The number of aromatic nitrogens is 1. The molecule has 2 aromatic rings. The van der Waals surface area contributed by atoms with Crippen LogP contribution in [0, 0.1) is 0 Å². The maximum Gasteiger partial charge on any atom is 0.256 e. The number of nitrogens with zero attached hydrogens (tertiary/aromatic N) is 2. The molecule has 5 heteroatoms. The minimum absolute atomic E-state index is 0. The van der Waals surface area contributed by atoms with Gasteiger partial charge in [-0.3, -0.25) is 9.78 Å². The highest BCUT2D eigenvalue weighted by Gasteiger charge is 2.37. The van der Waals surface area contributed by atoms with Crippen LogP contribution >= 0.6 is 24.0 Å². The lowest BCUT2D eigenvalue weighted by Crippen LogP contribution is -2.44. The van der Waals surface area contributed by atoms with Crippen molar-refractivity contribution in [2.24, 2.45) is 0 Å². The average Bonchev–Trinajstić information content (AvgIpc) is 2.48. The summed E-state index contributed by atoms with van der Waals surface area (Å²) in [5, 5.41) is 0.807. The van der Waals surface area contributed by atoms with Crippen LogP contribution in [0.2, 0.25) is 5.02 Å². The van der Waals surface area contributed by atoms with Crippen LogP contribution in [0.3, 0.4) is 0 Å². The molecule has 108 valence electrons. The van der Waals surface area contributed by atoms with Crippen LogP contribution in [0.25, 0.3) is 0 Å². The quantitative estimate of drug-likeness (QED) is 0.744. The lowest BCUT2D eigenvalue weighted by molar-refractivity contribution is 0.0629. The zero-order valence-electron chi connectivity index (χ0n) is 11.3. The van der Waals surface area contributed by atoms with Crippen molar-refractivity contribution >= 4 is 29.9 Å². The van der Waals surface area contributed by atoms with E-state index in [4.69, 9.17) is 11.6 Å². The van der Waals surface area contributed by atoms with Crippen molar-refractivity contribution in [3.8, 4) is 0 Å². The van der Waals surface area contributed by atoms with Gasteiger partial charge in [0.25, 0.3) is 5.91 Å². The third-order valence-corrected chi connectivity index (χ3v) is 4.62. The van der Waals surface area contributed by atoms with Crippen molar-refractivity contribution in [2.75, 3.05) is 6.54 Å². The van der Waals surface area contributed by atoms with Crippen molar-refractivity contribution in [3.05, 3.63) is 63.9 Å². The molecule has 1 amide bonds. The second kappa shape index (κ2) is 5.32. The smallest absolute Gasteiger partial charge is 0.256 e. The van der Waals surface area contributed by atoms with E-state index in [0.717, 1.165) is 35.7 Å². The number of hydrogen-bond donors (Lipinski definition) is 0. The average molecular weight is 321 g/mol. The normalized spacial score (nSPS) is 19.2. The lowest BCUT2D eigenvalue weighted by atomic mass is 9.85. The number of carbonyl (C=O) groups excluding carboxylic acids is 1. The van der Waals surface area contributed by atoms with E-state index in [9.17, 15) is 4.79 Å². The third-order valence-electron chi connectivity index (χ3n) is 4.26. The molecule has 0 N–H and O–H groups in total. The highest BCUT2D eigenvalue weighted by atomic mass is 35.5. The first-order valence-electron chi connectivity index (χ1n) is 6.78. The van der Waals surface area contributed by atoms with Gasteiger partial charge in [0.05, 0.1) is 17.3 Å². The van der Waals surface area contributed by atoms with E-state index in [0.29, 0.717) is 0 Å². The second-order valence-corrected chi connectivity index (χ2v) is 5.68. The van der Waals surface area contributed by atoms with Gasteiger partial charge in [-0.15, -0.1) is 12.4 Å². The van der Waals surface area contributed by atoms with E-state index in [1.165, 1.54) is 11.1 Å². The molecule has 0 spiro atoms. The summed E-state index contributed by atoms with van der Waals surface area (Å²) >= 11 is 6.29. The van der Waals surface area contributed by atoms with Gasteiger partial charge >= 0.3 is 0 Å². The van der Waals surface area contributed by atoms with Crippen molar-refractivity contribution in [1.82, 2.24) is 9.88 Å². The van der Waals surface area contributed by atoms with Crippen molar-refractivity contribution in [3.63, 3.8) is 0 Å². The number of hydrogen-bond acceptors (Lipinski definition) is 2. The number of carbonyl (C=O) groups is 1. The number of benzene rings is 1. The highest BCUT2D eigenvalue weighted by molar-refractivity contribution is 6.31. The van der Waals surface area contributed by atoms with Crippen LogP contribution in [-0.2, 0) is 12.8 Å². The summed E-state index contributed by atoms with van der Waals surface area (Å²) in [7, 11) is 0. The minimum Gasteiger partial charge on any atom is -0.331 e. The van der Waals surface area contributed by atoms with E-state index in [1.807, 2.05) is 29.2 Å². The van der Waals surface area contributed by atoms with Gasteiger partial charge < -0.3 is 4.90 Å². The Labute approximate surface area is 134 Å². The Balaban J connectivity index is 0.00000132. The molecule has 2 aliphatic heterocycles. The fourth-order valence-electron chi connectivity index (χ4n) is 3.30. The molecule has 1 atom stereocenters. The molecule has 1 aromatic carbocycles. The van der Waals surface area contributed by atoms with Gasteiger partial charge in [0.1, 0.15) is 0 Å². The summed E-state index contributed by atoms with van der Waals surface area (Å²) in [5.41, 5.74) is 4.00. The predicted molar refractivity (Wildman–Crippen MR) is 84.1 cm³/mol. The first kappa shape index (κ1) is 14.4. The van der Waals surface area contributed by atoms with E-state index < -0.39 is 0 Å². The Bertz CT molecular complexity index is 717. The Morgan fingerprint density at radius 1 is 1.24 bits per heavy atom. The third kappa shape index (κ3) is 2.12. The van der Waals surface area contributed by atoms with Crippen LogP contribution < -0.4 is 0 Å². The fourth-order valence-corrected chi connectivity index (χ4v) is 3.58. The van der Waals surface area contributed by atoms with Gasteiger partial charge in [-0.2, -0.15) is 0 Å². The van der Waals surface area contributed by atoms with Gasteiger partial charge in [0, 0.05) is 24.2 Å². The molecular formula is C16H14Cl2N2O. The maximum absolute atomic E-state index is 12.6. The molecule has 2 aliphatic rings. The summed E-state index contributed by atoms with van der Waals surface area (Å²) in [6.45, 7) is 0.731. The summed E-state index contributed by atoms with van der Waals surface area (Å²) in [6.07, 6.45) is 3.35. The Hall–Kier alpha value is -1.58. The molecular weight excluding hydrogens is 307 g/mol. The van der Waals surface area contributed by atoms with Crippen LogP contribution in [0.1, 0.15) is 33.2 Å². The van der Waals surface area contributed by atoms with Crippen molar-refractivity contribution in [2.45, 2.75) is 18.9 Å². The van der Waals surface area contributed by atoms with Crippen LogP contribution in [-0.4, -0.2) is 22.3 Å². The van der Waals surface area contributed by atoms with Crippen LogP contribution in [0.4, 0.5) is 0 Å². The van der Waals surface area contributed by atoms with Gasteiger partial charge in [0.2, 0.25) is 0 Å². The molecule has 0 aliphatic carbocycles. The zero-order chi connectivity index (χ0) is 13.7. The van der Waals surface area contributed by atoms with E-state index in [1.54, 1.807) is 6.20 Å². The van der Waals surface area contributed by atoms with E-state index >= 15 is 0 Å². The largest absolute Gasteiger partial charge is 0.331 e. The Kier molecular flexibility index (Phi) is 3.64. The standard InChI is InChI=1S/C16H13ClN2O.ClH/c17-13-5-1-3-11-10(13)6-8-19-15(11)9-14-12(16(19)20)4-2-7-18-14;/h1-5,7,15H,6,8-9H2;1H. The number of fused-ring (bicyclic) bond motifs is 4. The number of amides is 1. The summed E-state index contributed by atoms with van der Waals surface area (Å²) < 4.78 is 0. The minimum atomic E-state index is 0. The van der Waals surface area contributed by atoms with E-state index in [-0.39, 0.29) is 24.4 Å². The van der Waals surface area contributed by atoms with Crippen molar-refractivity contribution < 1.29 is 4.79 Å². The number of halogens is 2. The SMILES string of the molecule is Cl.O=C1c2cccnc2CC2c3cccc(Cl)c3CCN12. The molecule has 1 unspecified atom stereocenters. The first-order chi connectivity index (χ1) is 9.75. The molecule has 1 aromatic heterocycles. The lowest BCUT2D eigenvalue weighted by Gasteiger charge is -2.41. The highest BCUT2D eigenvalue weighted by Crippen LogP contribution is 2.39. The molecule has 3 nitrogen and oxygen atoms in total. The topological polar surface area (TPSA) is 33.2 Å². The molecule has 0 fully saturated rings. The first-order valence-corrected chi connectivity index (χ1v) is 7.15. The van der Waals surface area contributed by atoms with E-state index in [2.05, 4.69) is 11.1 Å².